The molecule has 0 radical (unpaired) electrons. The van der Waals surface area contributed by atoms with Gasteiger partial charge in [0.2, 0.25) is 0 Å². The van der Waals surface area contributed by atoms with Crippen molar-refractivity contribution in [3.63, 3.8) is 0 Å². The molecule has 9 aliphatic carbocycles. The van der Waals surface area contributed by atoms with Crippen LogP contribution in [-0.2, 0) is 0 Å². The van der Waals surface area contributed by atoms with Crippen molar-refractivity contribution in [2.75, 3.05) is 0 Å². The fourth-order valence-electron chi connectivity index (χ4n) is 18.1. The summed E-state index contributed by atoms with van der Waals surface area (Å²) in [6.45, 7) is 0. The normalized spacial score (nSPS) is 47.4. The molecule has 0 aromatic heterocycles. The second-order valence-electron chi connectivity index (χ2n) is 21.8. The molecule has 0 heteroatoms. The van der Waals surface area contributed by atoms with Gasteiger partial charge in [0.1, 0.15) is 0 Å². The second kappa shape index (κ2) is 16.8. The maximum atomic E-state index is 1.71. The minimum atomic E-state index is 1.09. The molecule has 0 heterocycles. The summed E-state index contributed by atoms with van der Waals surface area (Å²) < 4.78 is 0. The zero-order valence-corrected chi connectivity index (χ0v) is 33.3. The van der Waals surface area contributed by atoms with Gasteiger partial charge in [0.15, 0.2) is 0 Å². The van der Waals surface area contributed by atoms with E-state index < -0.39 is 0 Å². The summed E-state index contributed by atoms with van der Waals surface area (Å²) >= 11 is 0. The van der Waals surface area contributed by atoms with Crippen LogP contribution in [0, 0.1) is 94.7 Å². The van der Waals surface area contributed by atoms with Crippen molar-refractivity contribution in [3.05, 3.63) is 0 Å². The molecule has 9 saturated carbocycles. The minimum Gasteiger partial charge on any atom is -0.0533 e. The molecule has 9 rings (SSSR count). The molecule has 0 bridgehead atoms. The predicted octanol–water partition coefficient (Wildman–Crippen LogP) is 15.2. The van der Waals surface area contributed by atoms with Crippen LogP contribution >= 0.6 is 0 Å². The third-order valence-corrected chi connectivity index (χ3v) is 19.8. The monoisotopic (exact) mass is 685 g/mol. The summed E-state index contributed by atoms with van der Waals surface area (Å²) in [5, 5.41) is 0. The predicted molar refractivity (Wildman–Crippen MR) is 213 cm³/mol. The number of hydrogen-bond acceptors (Lipinski definition) is 0. The van der Waals surface area contributed by atoms with E-state index >= 15 is 0 Å². The van der Waals surface area contributed by atoms with E-state index in [1.165, 1.54) is 0 Å². The van der Waals surface area contributed by atoms with Gasteiger partial charge in [0, 0.05) is 0 Å². The first-order valence-electron chi connectivity index (χ1n) is 24.8. The average molecular weight is 685 g/mol. The van der Waals surface area contributed by atoms with Gasteiger partial charge in [-0.25, -0.2) is 0 Å². The highest BCUT2D eigenvalue weighted by atomic mass is 14.6. The quantitative estimate of drug-likeness (QED) is 0.250. The Morgan fingerprint density at radius 2 is 0.800 bits per heavy atom. The molecule has 0 aromatic rings. The van der Waals surface area contributed by atoms with Crippen LogP contribution in [0.4, 0.5) is 0 Å². The van der Waals surface area contributed by atoms with E-state index in [0.717, 1.165) is 94.7 Å². The second-order valence-corrected chi connectivity index (χ2v) is 21.8. The number of fused-ring (bicyclic) bond motifs is 3. The first-order chi connectivity index (χ1) is 24.8. The van der Waals surface area contributed by atoms with Gasteiger partial charge in [-0.2, -0.15) is 0 Å². The molecule has 0 aliphatic heterocycles. The lowest BCUT2D eigenvalue weighted by atomic mass is 9.45. The third kappa shape index (κ3) is 7.36. The number of rotatable bonds is 7. The van der Waals surface area contributed by atoms with Crippen LogP contribution in [0.5, 0.6) is 0 Å². The van der Waals surface area contributed by atoms with Gasteiger partial charge in [-0.3, -0.25) is 0 Å². The lowest BCUT2D eigenvalue weighted by Gasteiger charge is -2.60. The van der Waals surface area contributed by atoms with Gasteiger partial charge in [0.25, 0.3) is 0 Å². The molecule has 9 fully saturated rings. The SMILES string of the molecule is C1CCC(C2CCCCC2C(C2CCCCC2)C2CCCCC2CC2C3CCCCC3C(C3CCC4CCCCC4C3)C3CCCCC23)CC1. The van der Waals surface area contributed by atoms with Crippen molar-refractivity contribution in [2.45, 2.75) is 218 Å². The summed E-state index contributed by atoms with van der Waals surface area (Å²) in [7, 11) is 0. The van der Waals surface area contributed by atoms with E-state index in [0.29, 0.717) is 0 Å². The van der Waals surface area contributed by atoms with Crippen LogP contribution in [0.1, 0.15) is 218 Å². The minimum absolute atomic E-state index is 1.09. The van der Waals surface area contributed by atoms with E-state index in [9.17, 15) is 0 Å². The van der Waals surface area contributed by atoms with E-state index in [4.69, 9.17) is 0 Å². The summed E-state index contributed by atoms with van der Waals surface area (Å²) in [6.07, 6.45) is 54.5. The summed E-state index contributed by atoms with van der Waals surface area (Å²) in [4.78, 5) is 0. The van der Waals surface area contributed by atoms with Gasteiger partial charge in [0.05, 0.1) is 0 Å². The lowest BCUT2D eigenvalue weighted by Crippen LogP contribution is -2.53. The van der Waals surface area contributed by atoms with Crippen LogP contribution in [0.15, 0.2) is 0 Å². The van der Waals surface area contributed by atoms with Crippen LogP contribution in [0.25, 0.3) is 0 Å². The molecule has 0 N–H and O–H groups in total. The van der Waals surface area contributed by atoms with Crippen molar-refractivity contribution in [1.82, 2.24) is 0 Å². The molecular formula is C50H84. The molecule has 0 amide bonds. The van der Waals surface area contributed by atoms with Gasteiger partial charge < -0.3 is 0 Å². The molecule has 284 valence electrons. The first kappa shape index (κ1) is 35.7. The van der Waals surface area contributed by atoms with Crippen molar-refractivity contribution < 1.29 is 0 Å². The molecule has 0 aromatic carbocycles. The molecule has 12 unspecified atom stereocenters. The first-order valence-corrected chi connectivity index (χ1v) is 24.8. The Balaban J connectivity index is 0.993. The molecule has 9 aliphatic rings. The van der Waals surface area contributed by atoms with E-state index in [-0.39, 0.29) is 0 Å². The Labute approximate surface area is 312 Å². The zero-order valence-electron chi connectivity index (χ0n) is 33.3. The number of hydrogen-bond donors (Lipinski definition) is 0. The molecule has 0 nitrogen and oxygen atoms in total. The highest BCUT2D eigenvalue weighted by Gasteiger charge is 2.55. The highest BCUT2D eigenvalue weighted by molar-refractivity contribution is 5.04. The van der Waals surface area contributed by atoms with Crippen LogP contribution in [-0.4, -0.2) is 0 Å². The van der Waals surface area contributed by atoms with Gasteiger partial charge in [-0.15, -0.1) is 0 Å². The maximum absolute atomic E-state index is 1.71. The Kier molecular flexibility index (Phi) is 12.0. The topological polar surface area (TPSA) is 0 Å². The summed E-state index contributed by atoms with van der Waals surface area (Å²) in [5.41, 5.74) is 0. The van der Waals surface area contributed by atoms with Crippen molar-refractivity contribution in [3.8, 4) is 0 Å². The standard InChI is InChI=1S/C50H84/c1-3-18-36(19-4-1)41-24-11-14-28-45(41)49(37-20-5-2-6-21-37)42-25-10-9-23-39(42)34-48-43-26-12-15-29-46(43)50(47-30-16-13-27-44(47)48)40-32-31-35-17-7-8-22-38(35)33-40/h35-50H,1-34H2. The summed E-state index contributed by atoms with van der Waals surface area (Å²) in [5.74, 6) is 17.9. The Hall–Kier alpha value is 0. The average Bonchev–Trinajstić information content (AvgIpc) is 3.19. The smallest absolute Gasteiger partial charge is 0.0323 e. The Morgan fingerprint density at radius 3 is 1.50 bits per heavy atom. The van der Waals surface area contributed by atoms with Crippen LogP contribution < -0.4 is 0 Å². The van der Waals surface area contributed by atoms with Gasteiger partial charge in [-0.05, 0) is 165 Å². The molecular weight excluding hydrogens is 601 g/mol. The molecule has 0 spiro atoms. The maximum Gasteiger partial charge on any atom is -0.0323 e. The lowest BCUT2D eigenvalue weighted by molar-refractivity contribution is -0.109. The van der Waals surface area contributed by atoms with Crippen molar-refractivity contribution >= 4 is 0 Å². The Bertz CT molecular complexity index is 1010. The van der Waals surface area contributed by atoms with Gasteiger partial charge >= 0.3 is 0 Å². The van der Waals surface area contributed by atoms with Crippen LogP contribution in [0.3, 0.4) is 0 Å². The van der Waals surface area contributed by atoms with E-state index in [1.807, 2.05) is 0 Å². The largest absolute Gasteiger partial charge is 0.0533 e. The Morgan fingerprint density at radius 1 is 0.320 bits per heavy atom. The molecule has 12 atom stereocenters. The van der Waals surface area contributed by atoms with Crippen molar-refractivity contribution in [1.29, 1.82) is 0 Å². The molecule has 0 saturated heterocycles. The van der Waals surface area contributed by atoms with Crippen LogP contribution in [0.2, 0.25) is 0 Å². The summed E-state index contributed by atoms with van der Waals surface area (Å²) in [6, 6.07) is 0. The third-order valence-electron chi connectivity index (χ3n) is 19.8. The highest BCUT2D eigenvalue weighted by Crippen LogP contribution is 2.63. The zero-order chi connectivity index (χ0) is 33.3. The van der Waals surface area contributed by atoms with E-state index in [2.05, 4.69) is 0 Å². The fourth-order valence-corrected chi connectivity index (χ4v) is 18.1. The van der Waals surface area contributed by atoms with Crippen molar-refractivity contribution in [2.24, 2.45) is 94.7 Å². The molecule has 50 heavy (non-hydrogen) atoms. The fraction of sp³-hybridized carbons (Fsp3) is 1.00. The van der Waals surface area contributed by atoms with E-state index in [1.54, 1.807) is 218 Å². The van der Waals surface area contributed by atoms with Gasteiger partial charge in [-0.1, -0.05) is 148 Å².